The molecule has 2 rings (SSSR count). The number of aryl methyl sites for hydroxylation is 1. The monoisotopic (exact) mass is 273 g/mol. The number of hydrogen-bond acceptors (Lipinski definition) is 4. The zero-order chi connectivity index (χ0) is 14.4. The van der Waals surface area contributed by atoms with E-state index in [0.717, 1.165) is 37.6 Å². The molecule has 2 aromatic rings. The van der Waals surface area contributed by atoms with Gasteiger partial charge >= 0.3 is 0 Å². The number of benzene rings is 1. The van der Waals surface area contributed by atoms with E-state index in [1.165, 1.54) is 11.3 Å². The van der Waals surface area contributed by atoms with E-state index in [4.69, 9.17) is 4.52 Å². The Balaban J connectivity index is 1.84. The molecule has 0 bridgehead atoms. The van der Waals surface area contributed by atoms with E-state index < -0.39 is 0 Å². The Morgan fingerprint density at radius 2 is 1.80 bits per heavy atom. The maximum atomic E-state index is 5.04. The fraction of sp³-hybridized carbons (Fsp3) is 0.438. The van der Waals surface area contributed by atoms with Crippen LogP contribution in [-0.4, -0.2) is 18.2 Å². The Labute approximate surface area is 120 Å². The Morgan fingerprint density at radius 1 is 1.10 bits per heavy atom. The molecule has 20 heavy (non-hydrogen) atoms. The summed E-state index contributed by atoms with van der Waals surface area (Å²) in [6, 6.07) is 10.7. The second-order valence-corrected chi connectivity index (χ2v) is 4.87. The largest absolute Gasteiger partial charge is 0.372 e. The van der Waals surface area contributed by atoms with Crippen molar-refractivity contribution in [2.45, 2.75) is 33.9 Å². The van der Waals surface area contributed by atoms with Crippen molar-refractivity contribution in [1.82, 2.24) is 10.5 Å². The van der Waals surface area contributed by atoms with E-state index in [9.17, 15) is 0 Å². The van der Waals surface area contributed by atoms with Crippen molar-refractivity contribution in [3.05, 3.63) is 47.3 Å². The van der Waals surface area contributed by atoms with Crippen molar-refractivity contribution < 1.29 is 4.52 Å². The SMILES string of the molecule is CCN(CC)c1ccc(CNCc2cc(C)on2)cc1. The van der Waals surface area contributed by atoms with Gasteiger partial charge in [-0.05, 0) is 38.5 Å². The van der Waals surface area contributed by atoms with E-state index in [1.54, 1.807) is 0 Å². The minimum atomic E-state index is 0.731. The summed E-state index contributed by atoms with van der Waals surface area (Å²) in [4.78, 5) is 2.34. The van der Waals surface area contributed by atoms with E-state index in [0.29, 0.717) is 0 Å². The number of anilines is 1. The maximum Gasteiger partial charge on any atom is 0.133 e. The molecule has 0 spiro atoms. The fourth-order valence-corrected chi connectivity index (χ4v) is 2.25. The van der Waals surface area contributed by atoms with Crippen LogP contribution < -0.4 is 10.2 Å². The third kappa shape index (κ3) is 3.84. The van der Waals surface area contributed by atoms with Crippen molar-refractivity contribution in [2.24, 2.45) is 0 Å². The number of nitrogens with one attached hydrogen (secondary N) is 1. The molecule has 0 aliphatic rings. The zero-order valence-electron chi connectivity index (χ0n) is 12.5. The Kier molecular flexibility index (Phi) is 5.18. The van der Waals surface area contributed by atoms with Gasteiger partial charge < -0.3 is 14.7 Å². The molecule has 0 aliphatic carbocycles. The van der Waals surface area contributed by atoms with Gasteiger partial charge in [0.1, 0.15) is 5.76 Å². The van der Waals surface area contributed by atoms with Gasteiger partial charge in [0, 0.05) is 37.9 Å². The summed E-state index contributed by atoms with van der Waals surface area (Å²) in [6.07, 6.45) is 0. The first-order valence-corrected chi connectivity index (χ1v) is 7.19. The van der Waals surface area contributed by atoms with Crippen molar-refractivity contribution in [3.63, 3.8) is 0 Å². The summed E-state index contributed by atoms with van der Waals surface area (Å²) in [5, 5.41) is 7.33. The lowest BCUT2D eigenvalue weighted by Crippen LogP contribution is -2.21. The normalized spacial score (nSPS) is 10.8. The molecule has 1 N–H and O–H groups in total. The molecule has 4 heteroatoms. The van der Waals surface area contributed by atoms with Crippen molar-refractivity contribution >= 4 is 5.69 Å². The molecule has 4 nitrogen and oxygen atoms in total. The van der Waals surface area contributed by atoms with Crippen LogP contribution in [0.15, 0.2) is 34.9 Å². The minimum absolute atomic E-state index is 0.731. The molecule has 0 radical (unpaired) electrons. The molecule has 1 aromatic heterocycles. The lowest BCUT2D eigenvalue weighted by atomic mass is 10.2. The third-order valence-electron chi connectivity index (χ3n) is 3.38. The molecular weight excluding hydrogens is 250 g/mol. The molecule has 0 fully saturated rings. The first-order valence-electron chi connectivity index (χ1n) is 7.19. The average molecular weight is 273 g/mol. The topological polar surface area (TPSA) is 41.3 Å². The van der Waals surface area contributed by atoms with Crippen molar-refractivity contribution in [2.75, 3.05) is 18.0 Å². The highest BCUT2D eigenvalue weighted by Gasteiger charge is 2.02. The molecule has 0 atom stereocenters. The van der Waals surface area contributed by atoms with Gasteiger partial charge in [-0.15, -0.1) is 0 Å². The number of aromatic nitrogens is 1. The van der Waals surface area contributed by atoms with Crippen LogP contribution in [0.1, 0.15) is 30.9 Å². The Bertz CT molecular complexity index is 515. The van der Waals surface area contributed by atoms with Crippen LogP contribution in [0.3, 0.4) is 0 Å². The lowest BCUT2D eigenvalue weighted by Gasteiger charge is -2.21. The van der Waals surface area contributed by atoms with Crippen LogP contribution in [0.4, 0.5) is 5.69 Å². The molecule has 0 saturated heterocycles. The second-order valence-electron chi connectivity index (χ2n) is 4.87. The number of rotatable bonds is 7. The van der Waals surface area contributed by atoms with Crippen LogP contribution in [0.25, 0.3) is 0 Å². The van der Waals surface area contributed by atoms with Gasteiger partial charge in [0.05, 0.1) is 5.69 Å². The van der Waals surface area contributed by atoms with E-state index in [2.05, 4.69) is 53.5 Å². The van der Waals surface area contributed by atoms with Crippen LogP contribution >= 0.6 is 0 Å². The molecule has 1 heterocycles. The van der Waals surface area contributed by atoms with Gasteiger partial charge in [-0.3, -0.25) is 0 Å². The first-order chi connectivity index (χ1) is 9.72. The van der Waals surface area contributed by atoms with E-state index >= 15 is 0 Å². The molecule has 0 amide bonds. The zero-order valence-corrected chi connectivity index (χ0v) is 12.5. The lowest BCUT2D eigenvalue weighted by molar-refractivity contribution is 0.388. The van der Waals surface area contributed by atoms with E-state index in [-0.39, 0.29) is 0 Å². The quantitative estimate of drug-likeness (QED) is 0.841. The second kappa shape index (κ2) is 7.10. The van der Waals surface area contributed by atoms with Crippen LogP contribution in [0, 0.1) is 6.92 Å². The molecule has 0 saturated carbocycles. The standard InChI is InChI=1S/C16H23N3O/c1-4-19(5-2)16-8-6-14(7-9-16)11-17-12-15-10-13(3)20-18-15/h6-10,17H,4-5,11-12H2,1-3H3. The van der Waals surface area contributed by atoms with Gasteiger partial charge in [-0.1, -0.05) is 17.3 Å². The summed E-state index contributed by atoms with van der Waals surface area (Å²) in [7, 11) is 0. The number of hydrogen-bond donors (Lipinski definition) is 1. The molecule has 108 valence electrons. The van der Waals surface area contributed by atoms with Crippen LogP contribution in [0.5, 0.6) is 0 Å². The van der Waals surface area contributed by atoms with Gasteiger partial charge in [0.25, 0.3) is 0 Å². The summed E-state index contributed by atoms with van der Waals surface area (Å²) in [5.74, 6) is 0.852. The summed E-state index contributed by atoms with van der Waals surface area (Å²) >= 11 is 0. The predicted molar refractivity (Wildman–Crippen MR) is 81.8 cm³/mol. The van der Waals surface area contributed by atoms with Crippen molar-refractivity contribution in [1.29, 1.82) is 0 Å². The highest BCUT2D eigenvalue weighted by atomic mass is 16.5. The third-order valence-corrected chi connectivity index (χ3v) is 3.38. The van der Waals surface area contributed by atoms with Gasteiger partial charge in [0.2, 0.25) is 0 Å². The molecular formula is C16H23N3O. The minimum Gasteiger partial charge on any atom is -0.372 e. The van der Waals surface area contributed by atoms with Crippen LogP contribution in [0.2, 0.25) is 0 Å². The number of nitrogens with zero attached hydrogens (tertiary/aromatic N) is 2. The highest BCUT2D eigenvalue weighted by Crippen LogP contribution is 2.14. The summed E-state index contributed by atoms with van der Waals surface area (Å²) in [6.45, 7) is 9.92. The molecule has 0 unspecified atom stereocenters. The predicted octanol–water partition coefficient (Wildman–Crippen LogP) is 3.12. The van der Waals surface area contributed by atoms with Crippen LogP contribution in [-0.2, 0) is 13.1 Å². The van der Waals surface area contributed by atoms with E-state index in [1.807, 2.05) is 13.0 Å². The summed E-state index contributed by atoms with van der Waals surface area (Å²) < 4.78 is 5.04. The Morgan fingerprint density at radius 3 is 2.35 bits per heavy atom. The average Bonchev–Trinajstić information content (AvgIpc) is 2.87. The van der Waals surface area contributed by atoms with Gasteiger partial charge in [0.15, 0.2) is 0 Å². The molecule has 1 aromatic carbocycles. The maximum absolute atomic E-state index is 5.04. The summed E-state index contributed by atoms with van der Waals surface area (Å²) in [5.41, 5.74) is 3.51. The van der Waals surface area contributed by atoms with Gasteiger partial charge in [-0.2, -0.15) is 0 Å². The molecule has 0 aliphatic heterocycles. The van der Waals surface area contributed by atoms with Gasteiger partial charge in [-0.25, -0.2) is 0 Å². The Hall–Kier alpha value is -1.81. The fourth-order valence-electron chi connectivity index (χ4n) is 2.25. The smallest absolute Gasteiger partial charge is 0.133 e. The van der Waals surface area contributed by atoms with Crippen molar-refractivity contribution in [3.8, 4) is 0 Å². The highest BCUT2D eigenvalue weighted by molar-refractivity contribution is 5.47. The first kappa shape index (κ1) is 14.6.